The topological polar surface area (TPSA) is 72.6 Å². The molecule has 19 heavy (non-hydrogen) atoms. The number of benzene rings is 1. The van der Waals surface area contributed by atoms with E-state index in [9.17, 15) is 9.59 Å². The van der Waals surface area contributed by atoms with Gasteiger partial charge < -0.3 is 10.5 Å². The molecule has 3 rings (SSSR count). The summed E-state index contributed by atoms with van der Waals surface area (Å²) in [7, 11) is 0. The van der Waals surface area contributed by atoms with Crippen LogP contribution in [-0.2, 0) is 4.74 Å². The van der Waals surface area contributed by atoms with Gasteiger partial charge in [0.25, 0.3) is 11.8 Å². The molecule has 1 fully saturated rings. The summed E-state index contributed by atoms with van der Waals surface area (Å²) in [6, 6.07) is 5.02. The van der Waals surface area contributed by atoms with Crippen molar-refractivity contribution in [3.8, 4) is 0 Å². The summed E-state index contributed by atoms with van der Waals surface area (Å²) in [6.45, 7) is 1.88. The second-order valence-electron chi connectivity index (χ2n) is 5.05. The number of anilines is 1. The molecule has 2 heterocycles. The predicted octanol–water partition coefficient (Wildman–Crippen LogP) is 1.29. The van der Waals surface area contributed by atoms with Crippen LogP contribution < -0.4 is 5.73 Å². The Labute approximate surface area is 111 Å². The van der Waals surface area contributed by atoms with Crippen molar-refractivity contribution in [1.82, 2.24) is 4.90 Å². The van der Waals surface area contributed by atoms with Crippen molar-refractivity contribution in [2.24, 2.45) is 5.92 Å². The van der Waals surface area contributed by atoms with Crippen LogP contribution >= 0.6 is 0 Å². The highest BCUT2D eigenvalue weighted by atomic mass is 16.5. The van der Waals surface area contributed by atoms with Gasteiger partial charge in [-0.05, 0) is 30.9 Å². The number of fused-ring (bicyclic) bond motifs is 1. The van der Waals surface area contributed by atoms with Crippen molar-refractivity contribution in [2.75, 3.05) is 25.5 Å². The smallest absolute Gasteiger partial charge is 0.263 e. The molecule has 5 nitrogen and oxygen atoms in total. The number of nitrogens with zero attached hydrogens (tertiary/aromatic N) is 1. The Kier molecular flexibility index (Phi) is 2.98. The summed E-state index contributed by atoms with van der Waals surface area (Å²) < 4.78 is 5.29. The fourth-order valence-electron chi connectivity index (χ4n) is 2.71. The number of amides is 2. The summed E-state index contributed by atoms with van der Waals surface area (Å²) in [6.07, 6.45) is 1.78. The maximum Gasteiger partial charge on any atom is 0.263 e. The lowest BCUT2D eigenvalue weighted by Crippen LogP contribution is -2.36. The zero-order valence-corrected chi connectivity index (χ0v) is 10.6. The Balaban J connectivity index is 1.84. The predicted molar refractivity (Wildman–Crippen MR) is 69.8 cm³/mol. The van der Waals surface area contributed by atoms with Crippen molar-refractivity contribution >= 4 is 17.5 Å². The van der Waals surface area contributed by atoms with E-state index in [1.807, 2.05) is 0 Å². The van der Waals surface area contributed by atoms with Gasteiger partial charge in [0.15, 0.2) is 0 Å². The zero-order valence-electron chi connectivity index (χ0n) is 10.6. The van der Waals surface area contributed by atoms with E-state index in [1.165, 1.54) is 4.90 Å². The van der Waals surface area contributed by atoms with E-state index >= 15 is 0 Å². The molecule has 1 saturated heterocycles. The quantitative estimate of drug-likeness (QED) is 0.642. The van der Waals surface area contributed by atoms with Crippen LogP contribution in [0.1, 0.15) is 33.6 Å². The first-order chi connectivity index (χ1) is 9.18. The number of nitrogens with two attached hydrogens (primary N) is 1. The third-order valence-electron chi connectivity index (χ3n) is 3.81. The van der Waals surface area contributed by atoms with Gasteiger partial charge in [-0.15, -0.1) is 0 Å². The first-order valence-electron chi connectivity index (χ1n) is 6.51. The van der Waals surface area contributed by atoms with E-state index < -0.39 is 0 Å². The van der Waals surface area contributed by atoms with Crippen LogP contribution in [-0.4, -0.2) is 36.5 Å². The van der Waals surface area contributed by atoms with Gasteiger partial charge in [0, 0.05) is 25.4 Å². The normalized spacial score (nSPS) is 19.9. The lowest BCUT2D eigenvalue weighted by Gasteiger charge is -2.25. The van der Waals surface area contributed by atoms with Crippen LogP contribution in [0.5, 0.6) is 0 Å². The van der Waals surface area contributed by atoms with E-state index in [2.05, 4.69) is 0 Å². The number of rotatable bonds is 2. The average molecular weight is 260 g/mol. The lowest BCUT2D eigenvalue weighted by molar-refractivity contribution is 0.0434. The zero-order chi connectivity index (χ0) is 13.4. The van der Waals surface area contributed by atoms with E-state index in [1.54, 1.807) is 18.2 Å². The molecule has 5 heteroatoms. The van der Waals surface area contributed by atoms with Gasteiger partial charge in [-0.2, -0.15) is 0 Å². The second-order valence-corrected chi connectivity index (χ2v) is 5.05. The van der Waals surface area contributed by atoms with E-state index in [0.717, 1.165) is 12.8 Å². The highest BCUT2D eigenvalue weighted by Gasteiger charge is 2.38. The molecule has 2 N–H and O–H groups in total. The van der Waals surface area contributed by atoms with Gasteiger partial charge in [-0.3, -0.25) is 14.5 Å². The van der Waals surface area contributed by atoms with Crippen molar-refractivity contribution in [3.63, 3.8) is 0 Å². The number of imide groups is 1. The molecule has 0 radical (unpaired) electrons. The fraction of sp³-hybridized carbons (Fsp3) is 0.429. The van der Waals surface area contributed by atoms with Crippen molar-refractivity contribution < 1.29 is 14.3 Å². The number of nitrogen functional groups attached to an aromatic ring is 1. The Morgan fingerprint density at radius 3 is 2.63 bits per heavy atom. The molecule has 0 saturated carbocycles. The highest BCUT2D eigenvalue weighted by Crippen LogP contribution is 2.29. The molecule has 0 bridgehead atoms. The maximum atomic E-state index is 12.3. The third kappa shape index (κ3) is 2.00. The SMILES string of the molecule is Nc1cccc2c1C(=O)N(CC1CCOCC1)C2=O. The molecule has 0 aliphatic carbocycles. The van der Waals surface area contributed by atoms with E-state index in [4.69, 9.17) is 10.5 Å². The minimum Gasteiger partial charge on any atom is -0.398 e. The van der Waals surface area contributed by atoms with Gasteiger partial charge in [0.2, 0.25) is 0 Å². The van der Waals surface area contributed by atoms with Crippen LogP contribution in [0.15, 0.2) is 18.2 Å². The molecule has 2 aliphatic heterocycles. The molecule has 0 aromatic heterocycles. The lowest BCUT2D eigenvalue weighted by atomic mass is 10.00. The van der Waals surface area contributed by atoms with Crippen LogP contribution in [0.3, 0.4) is 0 Å². The number of hydrogen-bond acceptors (Lipinski definition) is 4. The molecule has 1 aromatic carbocycles. The first-order valence-corrected chi connectivity index (χ1v) is 6.51. The van der Waals surface area contributed by atoms with Crippen LogP contribution in [0.2, 0.25) is 0 Å². The molecule has 1 aromatic rings. The Bertz CT molecular complexity index is 535. The van der Waals surface area contributed by atoms with Crippen molar-refractivity contribution in [1.29, 1.82) is 0 Å². The van der Waals surface area contributed by atoms with Crippen molar-refractivity contribution in [3.05, 3.63) is 29.3 Å². The monoisotopic (exact) mass is 260 g/mol. The first kappa shape index (κ1) is 12.2. The van der Waals surface area contributed by atoms with Crippen LogP contribution in [0.25, 0.3) is 0 Å². The van der Waals surface area contributed by atoms with Crippen LogP contribution in [0.4, 0.5) is 5.69 Å². The van der Waals surface area contributed by atoms with Crippen LogP contribution in [0, 0.1) is 5.92 Å². The van der Waals surface area contributed by atoms with E-state index in [-0.39, 0.29) is 11.8 Å². The Morgan fingerprint density at radius 2 is 1.95 bits per heavy atom. The number of carbonyl (C=O) groups excluding carboxylic acids is 2. The van der Waals surface area contributed by atoms with Gasteiger partial charge in [0.05, 0.1) is 11.1 Å². The third-order valence-corrected chi connectivity index (χ3v) is 3.81. The molecule has 0 unspecified atom stereocenters. The molecule has 2 amide bonds. The largest absolute Gasteiger partial charge is 0.398 e. The Hall–Kier alpha value is -1.88. The maximum absolute atomic E-state index is 12.3. The minimum atomic E-state index is -0.260. The molecule has 2 aliphatic rings. The van der Waals surface area contributed by atoms with Crippen molar-refractivity contribution in [2.45, 2.75) is 12.8 Å². The summed E-state index contributed by atoms with van der Waals surface area (Å²) in [5, 5.41) is 0. The van der Waals surface area contributed by atoms with Gasteiger partial charge in [0.1, 0.15) is 0 Å². The molecule has 0 spiro atoms. The molecule has 100 valence electrons. The molecular weight excluding hydrogens is 244 g/mol. The molecular formula is C14H16N2O3. The van der Waals surface area contributed by atoms with Gasteiger partial charge in [-0.25, -0.2) is 0 Å². The summed E-state index contributed by atoms with van der Waals surface area (Å²) in [5.74, 6) is -0.152. The summed E-state index contributed by atoms with van der Waals surface area (Å²) >= 11 is 0. The number of hydrogen-bond donors (Lipinski definition) is 1. The van der Waals surface area contributed by atoms with Gasteiger partial charge in [-0.1, -0.05) is 6.07 Å². The molecule has 0 atom stereocenters. The minimum absolute atomic E-state index is 0.223. The fourth-order valence-corrected chi connectivity index (χ4v) is 2.71. The average Bonchev–Trinajstić information content (AvgIpc) is 2.66. The Morgan fingerprint density at radius 1 is 1.21 bits per heavy atom. The number of ether oxygens (including phenoxy) is 1. The highest BCUT2D eigenvalue weighted by molar-refractivity contribution is 6.23. The van der Waals surface area contributed by atoms with E-state index in [0.29, 0.717) is 42.5 Å². The second kappa shape index (κ2) is 4.66. The standard InChI is InChI=1S/C14H16N2O3/c15-11-3-1-2-10-12(11)14(18)16(13(10)17)8-9-4-6-19-7-5-9/h1-3,9H,4-8,15H2. The number of carbonyl (C=O) groups is 2. The summed E-state index contributed by atoms with van der Waals surface area (Å²) in [5.41, 5.74) is 6.97. The summed E-state index contributed by atoms with van der Waals surface area (Å²) in [4.78, 5) is 25.9. The van der Waals surface area contributed by atoms with Gasteiger partial charge >= 0.3 is 0 Å².